The molecule has 0 unspecified atom stereocenters. The zero-order valence-corrected chi connectivity index (χ0v) is 34.1. The molecule has 310 valence electrons. The minimum atomic E-state index is -4.21. The van der Waals surface area contributed by atoms with Crippen molar-refractivity contribution in [3.8, 4) is 5.75 Å². The number of carboxylic acid groups (broad SMARTS) is 1. The second-order valence-corrected chi connectivity index (χ2v) is 16.8. The van der Waals surface area contributed by atoms with Gasteiger partial charge in [0.25, 0.3) is 10.0 Å². The van der Waals surface area contributed by atoms with Gasteiger partial charge in [0.1, 0.15) is 35.1 Å². The van der Waals surface area contributed by atoms with Crippen molar-refractivity contribution in [3.63, 3.8) is 0 Å². The fourth-order valence-electron chi connectivity index (χ4n) is 6.07. The Hall–Kier alpha value is -4.65. The van der Waals surface area contributed by atoms with Crippen LogP contribution in [0.15, 0.2) is 4.90 Å². The third-order valence-electron chi connectivity index (χ3n) is 8.80. The number of hydrogen-bond acceptors (Lipinski definition) is 12. The predicted octanol–water partition coefficient (Wildman–Crippen LogP) is 1.94. The summed E-state index contributed by atoms with van der Waals surface area (Å²) >= 11 is 0. The van der Waals surface area contributed by atoms with Gasteiger partial charge in [-0.05, 0) is 117 Å². The van der Waals surface area contributed by atoms with Crippen molar-refractivity contribution in [3.05, 3.63) is 22.3 Å². The zero-order valence-electron chi connectivity index (χ0n) is 33.3. The van der Waals surface area contributed by atoms with Gasteiger partial charge < -0.3 is 46.3 Å². The Labute approximate surface area is 323 Å². The van der Waals surface area contributed by atoms with E-state index in [1.165, 1.54) is 0 Å². The molecule has 9 N–H and O–H groups in total. The van der Waals surface area contributed by atoms with Crippen LogP contribution in [0.5, 0.6) is 5.75 Å². The number of fused-ring (bicyclic) bond motifs is 1. The van der Waals surface area contributed by atoms with Crippen molar-refractivity contribution in [1.82, 2.24) is 26.0 Å². The Kier molecular flexibility index (Phi) is 16.7. The van der Waals surface area contributed by atoms with Crippen LogP contribution in [0.3, 0.4) is 0 Å². The summed E-state index contributed by atoms with van der Waals surface area (Å²) in [4.78, 5) is 63.4. The maximum Gasteiger partial charge on any atom is 0.408 e. The maximum atomic E-state index is 13.6. The van der Waals surface area contributed by atoms with Crippen molar-refractivity contribution in [2.75, 3.05) is 20.2 Å². The summed E-state index contributed by atoms with van der Waals surface area (Å²) in [7, 11) is -3.14. The highest BCUT2D eigenvalue weighted by Gasteiger charge is 2.37. The number of benzene rings is 1. The molecular formula is C36H59N7O11S. The lowest BCUT2D eigenvalue weighted by molar-refractivity contribution is -0.146. The summed E-state index contributed by atoms with van der Waals surface area (Å²) in [6.07, 6.45) is 0.0873. The van der Waals surface area contributed by atoms with Gasteiger partial charge in [0.15, 0.2) is 0 Å². The number of amides is 3. The molecule has 0 saturated carbocycles. The van der Waals surface area contributed by atoms with Gasteiger partial charge in [0.2, 0.25) is 17.8 Å². The number of esters is 1. The molecule has 3 atom stereocenters. The van der Waals surface area contributed by atoms with Crippen molar-refractivity contribution >= 4 is 45.8 Å². The molecule has 1 aromatic rings. The molecule has 1 heterocycles. The lowest BCUT2D eigenvalue weighted by Crippen LogP contribution is -2.56. The monoisotopic (exact) mass is 797 g/mol. The van der Waals surface area contributed by atoms with Gasteiger partial charge in [0, 0.05) is 24.9 Å². The third-order valence-corrected chi connectivity index (χ3v) is 10.4. The lowest BCUT2D eigenvalue weighted by atomic mass is 9.94. The Morgan fingerprint density at radius 1 is 0.909 bits per heavy atom. The molecule has 0 bridgehead atoms. The van der Waals surface area contributed by atoms with Crippen molar-refractivity contribution < 1.29 is 51.7 Å². The number of rotatable bonds is 19. The largest absolute Gasteiger partial charge is 0.487 e. The quantitative estimate of drug-likeness (QED) is 0.0431. The maximum absolute atomic E-state index is 13.6. The number of hydrogen-bond donors (Lipinski definition) is 8. The molecule has 0 radical (unpaired) electrons. The number of unbranched alkanes of at least 4 members (excludes halogenated alkanes) is 1. The summed E-state index contributed by atoms with van der Waals surface area (Å²) < 4.78 is 45.6. The molecule has 55 heavy (non-hydrogen) atoms. The van der Waals surface area contributed by atoms with Gasteiger partial charge in [-0.15, -0.1) is 0 Å². The molecule has 1 aromatic carbocycles. The Balaban J connectivity index is 2.24. The van der Waals surface area contributed by atoms with Crippen LogP contribution in [0.25, 0.3) is 0 Å². The van der Waals surface area contributed by atoms with E-state index in [2.05, 4.69) is 26.0 Å². The van der Waals surface area contributed by atoms with E-state index in [0.29, 0.717) is 48.2 Å². The van der Waals surface area contributed by atoms with Crippen LogP contribution >= 0.6 is 0 Å². The van der Waals surface area contributed by atoms with E-state index in [1.807, 2.05) is 13.8 Å². The van der Waals surface area contributed by atoms with Crippen molar-refractivity contribution in [2.45, 2.75) is 141 Å². The van der Waals surface area contributed by atoms with Crippen LogP contribution in [0.2, 0.25) is 0 Å². The van der Waals surface area contributed by atoms with E-state index in [0.717, 1.165) is 12.7 Å². The average Bonchev–Trinajstić information content (AvgIpc) is 3.40. The lowest BCUT2D eigenvalue weighted by Gasteiger charge is -2.26. The molecule has 0 aliphatic carbocycles. The molecule has 0 saturated heterocycles. The second-order valence-electron chi connectivity index (χ2n) is 15.2. The van der Waals surface area contributed by atoms with E-state index in [-0.39, 0.29) is 37.1 Å². The third kappa shape index (κ3) is 14.2. The van der Waals surface area contributed by atoms with E-state index >= 15 is 0 Å². The summed E-state index contributed by atoms with van der Waals surface area (Å²) in [6.45, 7) is 14.3. The van der Waals surface area contributed by atoms with Gasteiger partial charge in [0.05, 0.1) is 12.0 Å². The first-order valence-electron chi connectivity index (χ1n) is 18.2. The topological polar surface area (TPSA) is 277 Å². The minimum Gasteiger partial charge on any atom is -0.487 e. The number of ether oxygens (including phenoxy) is 3. The fraction of sp³-hybridized carbons (Fsp3) is 0.667. The van der Waals surface area contributed by atoms with Gasteiger partial charge in [-0.25, -0.2) is 22.7 Å². The molecule has 18 nitrogen and oxygen atoms in total. The standard InChI is InChI=1S/C36H59N7O11S/c1-20-21(2)29(22(3)23-19-36(7,8)53-28(20)23)55(50,51)43-33(38)39-18-12-14-24(30(46)41-26(32(48)52-9)15-16-27(44)45)40-31(47)25(13-10-11-17-37)42-34(49)54-35(4,5)6/h24-26H,10-19,37H2,1-9H3,(H,40,47)(H,41,46)(H,42,49)(H,44,45)(H3,38,39,43)/t24-,25-,26-/m0/s1. The number of sulfonamides is 1. The van der Waals surface area contributed by atoms with Crippen LogP contribution in [0.1, 0.15) is 102 Å². The van der Waals surface area contributed by atoms with E-state index < -0.39 is 81.6 Å². The first-order valence-corrected chi connectivity index (χ1v) is 19.7. The average molecular weight is 798 g/mol. The number of carbonyl (C=O) groups is 5. The highest BCUT2D eigenvalue weighted by Crippen LogP contribution is 2.43. The van der Waals surface area contributed by atoms with Gasteiger partial charge in [-0.3, -0.25) is 19.8 Å². The summed E-state index contributed by atoms with van der Waals surface area (Å²) in [5, 5.41) is 27.8. The second kappa shape index (κ2) is 19.8. The number of nitrogens with two attached hydrogens (primary N) is 1. The molecule has 1 aliphatic heterocycles. The van der Waals surface area contributed by atoms with Crippen LogP contribution in [-0.2, 0) is 45.1 Å². The summed E-state index contributed by atoms with van der Waals surface area (Å²) in [5.41, 5.74) is 6.77. The Bertz CT molecular complexity index is 1710. The van der Waals surface area contributed by atoms with E-state index in [1.54, 1.807) is 41.5 Å². The molecule has 0 spiro atoms. The van der Waals surface area contributed by atoms with Crippen LogP contribution in [-0.4, -0.2) is 98.9 Å². The van der Waals surface area contributed by atoms with Crippen LogP contribution in [0.4, 0.5) is 4.79 Å². The summed E-state index contributed by atoms with van der Waals surface area (Å²) in [6, 6.07) is -3.80. The number of nitrogens with one attached hydrogen (secondary N) is 6. The van der Waals surface area contributed by atoms with Crippen molar-refractivity contribution in [2.24, 2.45) is 5.73 Å². The molecule has 3 amide bonds. The number of alkyl carbamates (subject to hydrolysis) is 1. The van der Waals surface area contributed by atoms with Gasteiger partial charge in [-0.2, -0.15) is 0 Å². The minimum absolute atomic E-state index is 0.0280. The Morgan fingerprint density at radius 3 is 2.05 bits per heavy atom. The highest BCUT2D eigenvalue weighted by atomic mass is 32.2. The predicted molar refractivity (Wildman–Crippen MR) is 203 cm³/mol. The molecule has 2 rings (SSSR count). The number of carboxylic acids is 1. The first-order chi connectivity index (χ1) is 25.4. The molecule has 1 aliphatic rings. The zero-order chi connectivity index (χ0) is 41.9. The summed E-state index contributed by atoms with van der Waals surface area (Å²) in [5.74, 6) is -3.54. The Morgan fingerprint density at radius 2 is 1.49 bits per heavy atom. The fourth-order valence-corrected chi connectivity index (χ4v) is 7.60. The number of methoxy groups -OCH3 is 1. The molecule has 0 aromatic heterocycles. The molecular weight excluding hydrogens is 739 g/mol. The first kappa shape index (κ1) is 46.5. The number of aliphatic carboxylic acids is 1. The van der Waals surface area contributed by atoms with Crippen molar-refractivity contribution in [1.29, 1.82) is 5.41 Å². The smallest absolute Gasteiger partial charge is 0.408 e. The normalized spacial score (nSPS) is 14.9. The van der Waals surface area contributed by atoms with Gasteiger partial charge >= 0.3 is 18.0 Å². The number of guanidine groups is 1. The van der Waals surface area contributed by atoms with E-state index in [4.69, 9.17) is 30.5 Å². The molecule has 0 fully saturated rings. The van der Waals surface area contributed by atoms with Crippen LogP contribution < -0.4 is 36.5 Å². The SMILES string of the molecule is COC(=O)[C@H](CCC(=O)O)NC(=O)[C@H](CCCNC(=N)NS(=O)(=O)c1c(C)c(C)c2c(c1C)CC(C)(C)O2)NC(=O)[C@H](CCCCN)NC(=O)OC(C)(C)C. The number of carbonyl (C=O) groups excluding carboxylic acids is 4. The highest BCUT2D eigenvalue weighted by molar-refractivity contribution is 7.90. The molecule has 19 heteroatoms. The van der Waals surface area contributed by atoms with Crippen LogP contribution in [0, 0.1) is 26.2 Å². The van der Waals surface area contributed by atoms with Gasteiger partial charge in [-0.1, -0.05) is 0 Å². The van der Waals surface area contributed by atoms with E-state index in [9.17, 15) is 32.4 Å².